The summed E-state index contributed by atoms with van der Waals surface area (Å²) in [5.74, 6) is 0. The fourth-order valence-corrected chi connectivity index (χ4v) is 5.04. The van der Waals surface area contributed by atoms with Crippen molar-refractivity contribution in [2.45, 2.75) is 18.7 Å². The number of aromatic nitrogens is 1. The van der Waals surface area contributed by atoms with E-state index >= 15 is 0 Å². The zero-order valence-corrected chi connectivity index (χ0v) is 18.5. The second kappa shape index (κ2) is 8.37. The normalized spacial score (nSPS) is 11.3. The monoisotopic (exact) mass is 452 g/mol. The van der Waals surface area contributed by atoms with E-state index in [4.69, 9.17) is 0 Å². The third-order valence-electron chi connectivity index (χ3n) is 4.47. The highest BCUT2D eigenvalue weighted by Gasteiger charge is 2.16. The van der Waals surface area contributed by atoms with Gasteiger partial charge in [0.15, 0.2) is 5.13 Å². The number of aryl methyl sites for hydroxylation is 2. The molecule has 31 heavy (non-hydrogen) atoms. The minimum Gasteiger partial charge on any atom is -0.308 e. The topological polar surface area (TPSA) is 100 Å². The van der Waals surface area contributed by atoms with Gasteiger partial charge in [-0.1, -0.05) is 41.2 Å². The standard InChI is InChI=1S/C22H20N4O3S2/c1-14-6-9-18(10-7-14)31(28,29)26-22-25-19-13-17(8-11-20(19)30-22)24-21(27)23-16-5-3-4-15(2)12-16/h3-13H,1-2H3,(H,25,26)(H2,23,24,27). The Morgan fingerprint density at radius 3 is 2.29 bits per heavy atom. The van der Waals surface area contributed by atoms with Gasteiger partial charge in [-0.05, 0) is 61.9 Å². The van der Waals surface area contributed by atoms with Crippen LogP contribution in [0.3, 0.4) is 0 Å². The summed E-state index contributed by atoms with van der Waals surface area (Å²) in [6.45, 7) is 3.84. The van der Waals surface area contributed by atoms with Gasteiger partial charge < -0.3 is 10.6 Å². The third-order valence-corrected chi connectivity index (χ3v) is 6.91. The van der Waals surface area contributed by atoms with Gasteiger partial charge in [0.2, 0.25) is 0 Å². The van der Waals surface area contributed by atoms with Gasteiger partial charge in [-0.25, -0.2) is 18.2 Å². The summed E-state index contributed by atoms with van der Waals surface area (Å²) in [4.78, 5) is 16.8. The van der Waals surface area contributed by atoms with Gasteiger partial charge >= 0.3 is 6.03 Å². The van der Waals surface area contributed by atoms with E-state index in [2.05, 4.69) is 20.3 Å². The highest BCUT2D eigenvalue weighted by Crippen LogP contribution is 2.29. The number of sulfonamides is 1. The molecule has 0 saturated carbocycles. The number of nitrogens with zero attached hydrogens (tertiary/aromatic N) is 1. The molecule has 3 N–H and O–H groups in total. The first-order valence-corrected chi connectivity index (χ1v) is 11.7. The van der Waals surface area contributed by atoms with Gasteiger partial charge in [-0.2, -0.15) is 0 Å². The Morgan fingerprint density at radius 2 is 1.58 bits per heavy atom. The number of nitrogens with one attached hydrogen (secondary N) is 3. The molecule has 0 spiro atoms. The van der Waals surface area contributed by atoms with Crippen molar-refractivity contribution in [1.82, 2.24) is 4.98 Å². The molecule has 158 valence electrons. The summed E-state index contributed by atoms with van der Waals surface area (Å²) < 4.78 is 28.5. The van der Waals surface area contributed by atoms with Gasteiger partial charge in [0.1, 0.15) is 0 Å². The number of carbonyl (C=O) groups excluding carboxylic acids is 1. The van der Waals surface area contributed by atoms with Crippen LogP contribution in [0.25, 0.3) is 10.2 Å². The molecule has 2 amide bonds. The summed E-state index contributed by atoms with van der Waals surface area (Å²) >= 11 is 1.22. The lowest BCUT2D eigenvalue weighted by molar-refractivity contribution is 0.262. The number of carbonyl (C=O) groups is 1. The predicted octanol–water partition coefficient (Wildman–Crippen LogP) is 5.36. The van der Waals surface area contributed by atoms with Crippen LogP contribution in [-0.2, 0) is 10.0 Å². The number of urea groups is 1. The fraction of sp³-hybridized carbons (Fsp3) is 0.0909. The Kier molecular flexibility index (Phi) is 5.62. The van der Waals surface area contributed by atoms with E-state index in [1.54, 1.807) is 42.5 Å². The van der Waals surface area contributed by atoms with Crippen LogP contribution >= 0.6 is 11.3 Å². The van der Waals surface area contributed by atoms with Gasteiger partial charge in [0.25, 0.3) is 10.0 Å². The summed E-state index contributed by atoms with van der Waals surface area (Å²) in [6.07, 6.45) is 0. The molecule has 0 aliphatic heterocycles. The van der Waals surface area contributed by atoms with E-state index in [9.17, 15) is 13.2 Å². The largest absolute Gasteiger partial charge is 0.323 e. The molecule has 0 fully saturated rings. The molecule has 0 aliphatic rings. The first-order chi connectivity index (χ1) is 14.8. The van der Waals surface area contributed by atoms with Crippen LogP contribution in [0.1, 0.15) is 11.1 Å². The summed E-state index contributed by atoms with van der Waals surface area (Å²) in [7, 11) is -3.73. The van der Waals surface area contributed by atoms with Crippen LogP contribution in [0.2, 0.25) is 0 Å². The Bertz CT molecular complexity index is 1360. The maximum atomic E-state index is 12.6. The number of amides is 2. The smallest absolute Gasteiger partial charge is 0.308 e. The summed E-state index contributed by atoms with van der Waals surface area (Å²) in [6, 6.07) is 19.0. The second-order valence-electron chi connectivity index (χ2n) is 7.07. The zero-order valence-electron chi connectivity index (χ0n) is 16.8. The molecule has 1 aromatic heterocycles. The van der Waals surface area contributed by atoms with Gasteiger partial charge in [0, 0.05) is 11.4 Å². The number of anilines is 3. The minimum absolute atomic E-state index is 0.174. The number of rotatable bonds is 5. The first-order valence-electron chi connectivity index (χ1n) is 9.43. The highest BCUT2D eigenvalue weighted by atomic mass is 32.2. The number of fused-ring (bicyclic) bond motifs is 1. The second-order valence-corrected chi connectivity index (χ2v) is 9.78. The summed E-state index contributed by atoms with van der Waals surface area (Å²) in [5, 5.41) is 5.81. The molecular weight excluding hydrogens is 432 g/mol. The van der Waals surface area contributed by atoms with Crippen molar-refractivity contribution in [3.8, 4) is 0 Å². The molecule has 0 radical (unpaired) electrons. The molecule has 0 bridgehead atoms. The number of benzene rings is 3. The maximum absolute atomic E-state index is 12.6. The molecule has 0 unspecified atom stereocenters. The molecular formula is C22H20N4O3S2. The lowest BCUT2D eigenvalue weighted by atomic mass is 10.2. The SMILES string of the molecule is Cc1ccc(S(=O)(=O)Nc2nc3cc(NC(=O)Nc4cccc(C)c4)ccc3s2)cc1. The fourth-order valence-electron chi connectivity index (χ4n) is 2.96. The van der Waals surface area contributed by atoms with Crippen molar-refractivity contribution in [2.24, 2.45) is 0 Å². The van der Waals surface area contributed by atoms with Crippen molar-refractivity contribution in [2.75, 3.05) is 15.4 Å². The molecule has 9 heteroatoms. The van der Waals surface area contributed by atoms with E-state index in [-0.39, 0.29) is 16.1 Å². The minimum atomic E-state index is -3.73. The van der Waals surface area contributed by atoms with Crippen LogP contribution < -0.4 is 15.4 Å². The Balaban J connectivity index is 1.49. The van der Waals surface area contributed by atoms with Crippen LogP contribution in [0.4, 0.5) is 21.3 Å². The lowest BCUT2D eigenvalue weighted by Gasteiger charge is -2.08. The van der Waals surface area contributed by atoms with Crippen LogP contribution in [0.15, 0.2) is 71.6 Å². The summed E-state index contributed by atoms with van der Waals surface area (Å²) in [5.41, 5.74) is 3.85. The van der Waals surface area contributed by atoms with Crippen LogP contribution in [-0.4, -0.2) is 19.4 Å². The maximum Gasteiger partial charge on any atom is 0.323 e. The molecule has 7 nitrogen and oxygen atoms in total. The van der Waals surface area contributed by atoms with Crippen molar-refractivity contribution in [3.05, 3.63) is 77.9 Å². The average Bonchev–Trinajstić information content (AvgIpc) is 3.09. The van der Waals surface area contributed by atoms with Crippen molar-refractivity contribution in [1.29, 1.82) is 0 Å². The molecule has 0 saturated heterocycles. The quantitative estimate of drug-likeness (QED) is 0.380. The van der Waals surface area contributed by atoms with Crippen molar-refractivity contribution < 1.29 is 13.2 Å². The van der Waals surface area contributed by atoms with Gasteiger partial charge in [-0.3, -0.25) is 4.72 Å². The molecule has 4 rings (SSSR count). The number of hydrogen-bond donors (Lipinski definition) is 3. The van der Waals surface area contributed by atoms with Crippen molar-refractivity contribution >= 4 is 54.1 Å². The van der Waals surface area contributed by atoms with E-state index < -0.39 is 10.0 Å². The average molecular weight is 453 g/mol. The van der Waals surface area contributed by atoms with Gasteiger partial charge in [-0.15, -0.1) is 0 Å². The van der Waals surface area contributed by atoms with Gasteiger partial charge in [0.05, 0.1) is 15.1 Å². The Hall–Kier alpha value is -3.43. The number of thiazole rings is 1. The molecule has 4 aromatic rings. The van der Waals surface area contributed by atoms with E-state index in [1.165, 1.54) is 11.3 Å². The van der Waals surface area contributed by atoms with E-state index in [0.717, 1.165) is 15.8 Å². The lowest BCUT2D eigenvalue weighted by Crippen LogP contribution is -2.19. The predicted molar refractivity (Wildman–Crippen MR) is 125 cm³/mol. The third kappa shape index (κ3) is 5.01. The van der Waals surface area contributed by atoms with Crippen molar-refractivity contribution in [3.63, 3.8) is 0 Å². The molecule has 3 aromatic carbocycles. The zero-order chi connectivity index (χ0) is 22.0. The van der Waals surface area contributed by atoms with E-state index in [1.807, 2.05) is 38.1 Å². The van der Waals surface area contributed by atoms with Crippen LogP contribution in [0.5, 0.6) is 0 Å². The molecule has 0 atom stereocenters. The Labute approximate surface area is 184 Å². The van der Waals surface area contributed by atoms with E-state index in [0.29, 0.717) is 16.9 Å². The highest BCUT2D eigenvalue weighted by molar-refractivity contribution is 7.93. The first kappa shape index (κ1) is 20.8. The molecule has 1 heterocycles. The molecule has 0 aliphatic carbocycles. The number of hydrogen-bond acceptors (Lipinski definition) is 5. The van der Waals surface area contributed by atoms with Crippen LogP contribution in [0, 0.1) is 13.8 Å². The Morgan fingerprint density at radius 1 is 0.871 bits per heavy atom.